The molecule has 0 bridgehead atoms. The summed E-state index contributed by atoms with van der Waals surface area (Å²) in [4.78, 5) is 17.5. The van der Waals surface area contributed by atoms with E-state index < -0.39 is 0 Å². The second kappa shape index (κ2) is 5.37. The highest BCUT2D eigenvalue weighted by atomic mass is 16.7. The number of anilines is 2. The first kappa shape index (κ1) is 12.9. The molecule has 5 nitrogen and oxygen atoms in total. The van der Waals surface area contributed by atoms with Crippen LogP contribution in [0.25, 0.3) is 0 Å². The lowest BCUT2D eigenvalue weighted by atomic mass is 10.1. The first-order chi connectivity index (χ1) is 8.58. The smallest absolute Gasteiger partial charge is 0.243 e. The van der Waals surface area contributed by atoms with Crippen molar-refractivity contribution in [2.45, 2.75) is 26.3 Å². The van der Waals surface area contributed by atoms with Crippen LogP contribution in [0.5, 0.6) is 0 Å². The van der Waals surface area contributed by atoms with Crippen molar-refractivity contribution in [2.75, 3.05) is 24.2 Å². The summed E-state index contributed by atoms with van der Waals surface area (Å²) in [5, 5.41) is 4.61. The van der Waals surface area contributed by atoms with E-state index in [-0.39, 0.29) is 11.9 Å². The Hall–Kier alpha value is -1.59. The van der Waals surface area contributed by atoms with E-state index in [1.165, 1.54) is 0 Å². The van der Waals surface area contributed by atoms with E-state index in [2.05, 4.69) is 5.32 Å². The number of rotatable bonds is 3. The molecule has 0 saturated carbocycles. The van der Waals surface area contributed by atoms with Gasteiger partial charge in [-0.3, -0.25) is 9.63 Å². The number of benzene rings is 1. The Labute approximate surface area is 107 Å². The molecular formula is C13H19N3O2. The Balaban J connectivity index is 2.03. The van der Waals surface area contributed by atoms with Crippen molar-refractivity contribution >= 4 is 17.3 Å². The van der Waals surface area contributed by atoms with Gasteiger partial charge in [0.1, 0.15) is 6.04 Å². The van der Waals surface area contributed by atoms with Gasteiger partial charge in [0.25, 0.3) is 0 Å². The second-order valence-corrected chi connectivity index (χ2v) is 4.57. The van der Waals surface area contributed by atoms with E-state index in [4.69, 9.17) is 10.6 Å². The number of amides is 1. The fourth-order valence-electron chi connectivity index (χ4n) is 1.91. The molecule has 2 rings (SSSR count). The van der Waals surface area contributed by atoms with Crippen molar-refractivity contribution in [1.29, 1.82) is 0 Å². The molecule has 0 spiro atoms. The Morgan fingerprint density at radius 1 is 1.56 bits per heavy atom. The molecule has 1 aromatic rings. The lowest BCUT2D eigenvalue weighted by Crippen LogP contribution is -2.39. The first-order valence-electron chi connectivity index (χ1n) is 6.14. The van der Waals surface area contributed by atoms with Crippen LogP contribution in [0.15, 0.2) is 18.2 Å². The first-order valence-corrected chi connectivity index (χ1v) is 6.14. The summed E-state index contributed by atoms with van der Waals surface area (Å²) < 4.78 is 0. The highest BCUT2D eigenvalue weighted by Crippen LogP contribution is 2.19. The minimum absolute atomic E-state index is 0.0781. The summed E-state index contributed by atoms with van der Waals surface area (Å²) in [5.41, 5.74) is 8.10. The number of carbonyl (C=O) groups excluding carboxylic acids is 1. The van der Waals surface area contributed by atoms with Crippen molar-refractivity contribution in [1.82, 2.24) is 5.06 Å². The number of carbonyl (C=O) groups is 1. The fraction of sp³-hybridized carbons (Fsp3) is 0.462. The van der Waals surface area contributed by atoms with Gasteiger partial charge in [-0.25, -0.2) is 0 Å². The van der Waals surface area contributed by atoms with Gasteiger partial charge in [-0.2, -0.15) is 5.06 Å². The molecule has 3 N–H and O–H groups in total. The monoisotopic (exact) mass is 249 g/mol. The molecule has 18 heavy (non-hydrogen) atoms. The van der Waals surface area contributed by atoms with E-state index in [0.717, 1.165) is 24.2 Å². The molecule has 1 fully saturated rings. The lowest BCUT2D eigenvalue weighted by Gasteiger charge is -2.21. The number of nitrogens with two attached hydrogens (primary N) is 1. The topological polar surface area (TPSA) is 67.6 Å². The maximum atomic E-state index is 12.1. The summed E-state index contributed by atoms with van der Waals surface area (Å²) in [6, 6.07) is 5.18. The van der Waals surface area contributed by atoms with Gasteiger partial charge in [0.15, 0.2) is 0 Å². The van der Waals surface area contributed by atoms with Crippen molar-refractivity contribution < 1.29 is 9.63 Å². The standard InChI is InChI=1S/C13H19N3O2/c1-9-4-5-11(14)8-12(9)15-13(17)10(2)16-6-3-7-18-16/h4-5,8,10H,3,6-7,14H2,1-2H3,(H,15,17). The van der Waals surface area contributed by atoms with E-state index in [1.807, 2.05) is 26.0 Å². The predicted molar refractivity (Wildman–Crippen MR) is 71.0 cm³/mol. The summed E-state index contributed by atoms with van der Waals surface area (Å²) in [7, 11) is 0. The van der Waals surface area contributed by atoms with Gasteiger partial charge in [-0.15, -0.1) is 0 Å². The third kappa shape index (κ3) is 2.80. The van der Waals surface area contributed by atoms with Crippen molar-refractivity contribution in [3.63, 3.8) is 0 Å². The fourth-order valence-corrected chi connectivity index (χ4v) is 1.91. The zero-order chi connectivity index (χ0) is 13.1. The molecule has 0 aromatic heterocycles. The van der Waals surface area contributed by atoms with Crippen LogP contribution in [0.3, 0.4) is 0 Å². The minimum Gasteiger partial charge on any atom is -0.399 e. The number of hydroxylamine groups is 2. The van der Waals surface area contributed by atoms with Crippen molar-refractivity contribution in [3.05, 3.63) is 23.8 Å². The summed E-state index contributed by atoms with van der Waals surface area (Å²) in [5.74, 6) is -0.0781. The van der Waals surface area contributed by atoms with Gasteiger partial charge in [-0.1, -0.05) is 6.07 Å². The molecule has 5 heteroatoms. The van der Waals surface area contributed by atoms with Crippen molar-refractivity contribution in [2.24, 2.45) is 0 Å². The quantitative estimate of drug-likeness (QED) is 0.797. The average Bonchev–Trinajstić information content (AvgIpc) is 2.86. The average molecular weight is 249 g/mol. The molecule has 1 saturated heterocycles. The molecule has 0 aliphatic carbocycles. The van der Waals surface area contributed by atoms with Crippen LogP contribution in [-0.2, 0) is 9.63 Å². The second-order valence-electron chi connectivity index (χ2n) is 4.57. The maximum absolute atomic E-state index is 12.1. The summed E-state index contributed by atoms with van der Waals surface area (Å²) >= 11 is 0. The van der Waals surface area contributed by atoms with Crippen LogP contribution >= 0.6 is 0 Å². The normalized spacial score (nSPS) is 17.7. The molecular weight excluding hydrogens is 230 g/mol. The number of nitrogens with one attached hydrogen (secondary N) is 1. The largest absolute Gasteiger partial charge is 0.399 e. The van der Waals surface area contributed by atoms with Crippen LogP contribution in [0, 0.1) is 6.92 Å². The molecule has 98 valence electrons. The number of hydrogen-bond acceptors (Lipinski definition) is 4. The third-order valence-corrected chi connectivity index (χ3v) is 3.11. The number of hydrogen-bond donors (Lipinski definition) is 2. The highest BCUT2D eigenvalue weighted by molar-refractivity contribution is 5.95. The predicted octanol–water partition coefficient (Wildman–Crippen LogP) is 1.54. The molecule has 1 aliphatic rings. The molecule has 1 aliphatic heterocycles. The number of nitrogen functional groups attached to an aromatic ring is 1. The van der Waals surface area contributed by atoms with E-state index in [0.29, 0.717) is 12.3 Å². The molecule has 1 atom stereocenters. The zero-order valence-corrected chi connectivity index (χ0v) is 10.8. The van der Waals surface area contributed by atoms with Crippen LogP contribution in [-0.4, -0.2) is 30.2 Å². The summed E-state index contributed by atoms with van der Waals surface area (Å²) in [6.45, 7) is 5.26. The molecule has 1 unspecified atom stereocenters. The molecule has 0 radical (unpaired) electrons. The van der Waals surface area contributed by atoms with Crippen LogP contribution in [0.1, 0.15) is 18.9 Å². The van der Waals surface area contributed by atoms with Gasteiger partial charge in [0, 0.05) is 17.9 Å². The van der Waals surface area contributed by atoms with Crippen LogP contribution in [0.2, 0.25) is 0 Å². The van der Waals surface area contributed by atoms with Gasteiger partial charge in [0.2, 0.25) is 5.91 Å². The number of aryl methyl sites for hydroxylation is 1. The van der Waals surface area contributed by atoms with Gasteiger partial charge < -0.3 is 11.1 Å². The Bertz CT molecular complexity index is 442. The highest BCUT2D eigenvalue weighted by Gasteiger charge is 2.25. The van der Waals surface area contributed by atoms with E-state index in [1.54, 1.807) is 11.1 Å². The maximum Gasteiger partial charge on any atom is 0.243 e. The molecule has 1 heterocycles. The van der Waals surface area contributed by atoms with Crippen molar-refractivity contribution in [3.8, 4) is 0 Å². The Morgan fingerprint density at radius 2 is 2.33 bits per heavy atom. The van der Waals surface area contributed by atoms with Crippen LogP contribution in [0.4, 0.5) is 11.4 Å². The van der Waals surface area contributed by atoms with Gasteiger partial charge >= 0.3 is 0 Å². The van der Waals surface area contributed by atoms with Crippen LogP contribution < -0.4 is 11.1 Å². The zero-order valence-electron chi connectivity index (χ0n) is 10.8. The Kier molecular flexibility index (Phi) is 3.84. The van der Waals surface area contributed by atoms with E-state index in [9.17, 15) is 4.79 Å². The molecule has 1 amide bonds. The van der Waals surface area contributed by atoms with Gasteiger partial charge in [0.05, 0.1) is 6.61 Å². The van der Waals surface area contributed by atoms with E-state index >= 15 is 0 Å². The minimum atomic E-state index is -0.298. The molecule has 1 aromatic carbocycles. The SMILES string of the molecule is Cc1ccc(N)cc1NC(=O)C(C)N1CCCO1. The lowest BCUT2D eigenvalue weighted by molar-refractivity contribution is -0.154. The number of nitrogens with zero attached hydrogens (tertiary/aromatic N) is 1. The third-order valence-electron chi connectivity index (χ3n) is 3.11. The van der Waals surface area contributed by atoms with Gasteiger partial charge in [-0.05, 0) is 38.0 Å². The summed E-state index contributed by atoms with van der Waals surface area (Å²) in [6.07, 6.45) is 0.967. The Morgan fingerprint density at radius 3 is 3.00 bits per heavy atom.